The Hall–Kier alpha value is -5.41. The van der Waals surface area contributed by atoms with Crippen LogP contribution in [0.4, 0.5) is 11.4 Å². The number of fused-ring (bicyclic) bond motifs is 2. The minimum Gasteiger partial charge on any atom is -0.478 e. The van der Waals surface area contributed by atoms with Gasteiger partial charge in [0.2, 0.25) is 5.69 Å². The molecule has 14 heteroatoms. The molecular weight excluding hydrogens is 721 g/mol. The van der Waals surface area contributed by atoms with Gasteiger partial charge in [-0.3, -0.25) is 9.11 Å². The number of carbonyl (C=O) groups is 2. The Morgan fingerprint density at radius 2 is 1.21 bits per heavy atom. The molecule has 2 aliphatic rings. The first kappa shape index (κ1) is 37.4. The smallest absolute Gasteiger partial charge is 0.335 e. The highest BCUT2D eigenvalue weighted by atomic mass is 32.2. The van der Waals surface area contributed by atoms with Crippen LogP contribution in [0.15, 0.2) is 119 Å². The predicted molar refractivity (Wildman–Crippen MR) is 197 cm³/mol. The maximum atomic E-state index is 12.1. The molecule has 0 unspecified atom stereocenters. The molecule has 0 aliphatic carbocycles. The van der Waals surface area contributed by atoms with Crippen molar-refractivity contribution in [1.82, 2.24) is 0 Å². The summed E-state index contributed by atoms with van der Waals surface area (Å²) in [6.07, 6.45) is 5.64. The first-order valence-electron chi connectivity index (χ1n) is 16.4. The van der Waals surface area contributed by atoms with E-state index in [9.17, 15) is 45.7 Å². The van der Waals surface area contributed by atoms with Crippen molar-refractivity contribution >= 4 is 49.3 Å². The van der Waals surface area contributed by atoms with Crippen molar-refractivity contribution < 1.29 is 50.3 Å². The van der Waals surface area contributed by atoms with Gasteiger partial charge in [-0.2, -0.15) is 21.4 Å². The van der Waals surface area contributed by atoms with E-state index in [0.29, 0.717) is 35.6 Å². The maximum Gasteiger partial charge on any atom is 0.335 e. The molecule has 0 bridgehead atoms. The van der Waals surface area contributed by atoms with Crippen molar-refractivity contribution in [3.05, 3.63) is 142 Å². The summed E-state index contributed by atoms with van der Waals surface area (Å²) in [6.45, 7) is 8.34. The fourth-order valence-electron chi connectivity index (χ4n) is 7.07. The van der Waals surface area contributed by atoms with Crippen LogP contribution >= 0.6 is 0 Å². The lowest BCUT2D eigenvalue weighted by Gasteiger charge is -2.27. The molecule has 274 valence electrons. The number of hydrogen-bond acceptors (Lipinski definition) is 7. The molecule has 0 radical (unpaired) electrons. The van der Waals surface area contributed by atoms with Crippen molar-refractivity contribution in [2.45, 2.75) is 61.4 Å². The molecule has 0 spiro atoms. The van der Waals surface area contributed by atoms with Gasteiger partial charge in [-0.15, -0.1) is 0 Å². The number of rotatable bonds is 10. The van der Waals surface area contributed by atoms with E-state index in [1.54, 1.807) is 36.4 Å². The Morgan fingerprint density at radius 1 is 0.698 bits per heavy atom. The number of carboxylic acids is 2. The third-order valence-corrected chi connectivity index (χ3v) is 11.6. The zero-order valence-electron chi connectivity index (χ0n) is 29.2. The van der Waals surface area contributed by atoms with Crippen LogP contribution in [-0.4, -0.2) is 58.4 Å². The van der Waals surface area contributed by atoms with Crippen molar-refractivity contribution in [1.29, 1.82) is 0 Å². The molecule has 4 N–H and O–H groups in total. The Kier molecular flexibility index (Phi) is 9.32. The Labute approximate surface area is 307 Å². The monoisotopic (exact) mass is 757 g/mol. The van der Waals surface area contributed by atoms with Crippen molar-refractivity contribution in [2.75, 3.05) is 4.90 Å². The molecule has 4 aromatic carbocycles. The summed E-state index contributed by atoms with van der Waals surface area (Å²) in [6, 6.07) is 21.7. The minimum atomic E-state index is -4.50. The van der Waals surface area contributed by atoms with Crippen molar-refractivity contribution in [2.24, 2.45) is 0 Å². The van der Waals surface area contributed by atoms with Gasteiger partial charge in [-0.25, -0.2) is 9.59 Å². The molecule has 2 aliphatic heterocycles. The zero-order valence-corrected chi connectivity index (χ0v) is 30.8. The first-order valence-corrected chi connectivity index (χ1v) is 19.3. The molecule has 2 heterocycles. The first-order chi connectivity index (χ1) is 24.7. The van der Waals surface area contributed by atoms with Gasteiger partial charge >= 0.3 is 11.9 Å². The summed E-state index contributed by atoms with van der Waals surface area (Å²) >= 11 is 0. The van der Waals surface area contributed by atoms with E-state index in [1.165, 1.54) is 48.5 Å². The van der Waals surface area contributed by atoms with Crippen LogP contribution in [0.1, 0.15) is 70.7 Å². The fraction of sp³-hybridized carbons (Fsp3) is 0.205. The Morgan fingerprint density at radius 3 is 1.74 bits per heavy atom. The van der Waals surface area contributed by atoms with E-state index >= 15 is 0 Å². The highest BCUT2D eigenvalue weighted by Gasteiger charge is 2.45. The SMILES string of the molecule is CC1(C)C(=CC=CC2=[N+](Cc3ccc(C(=O)O)cc3)c3ccc(S(=O)(=O)O)cc3C2(C)C)N(Cc2ccc(C(=O)O)cc2)c2ccc(S(=O)(=O)O)cc21. The summed E-state index contributed by atoms with van der Waals surface area (Å²) < 4.78 is 70.2. The van der Waals surface area contributed by atoms with Crippen LogP contribution in [0.25, 0.3) is 0 Å². The quantitative estimate of drug-likeness (QED) is 0.101. The Bertz CT molecular complexity index is 2500. The molecule has 0 amide bonds. The van der Waals surface area contributed by atoms with E-state index in [0.717, 1.165) is 22.5 Å². The number of anilines is 1. The van der Waals surface area contributed by atoms with Crippen LogP contribution in [0.2, 0.25) is 0 Å². The lowest BCUT2D eigenvalue weighted by Crippen LogP contribution is -2.28. The average molecular weight is 758 g/mol. The Balaban J connectivity index is 1.47. The zero-order chi connectivity index (χ0) is 38.7. The number of nitrogens with zero attached hydrogens (tertiary/aromatic N) is 2. The van der Waals surface area contributed by atoms with Gasteiger partial charge in [0, 0.05) is 46.6 Å². The minimum absolute atomic E-state index is 0.135. The van der Waals surface area contributed by atoms with Gasteiger partial charge in [0.05, 0.1) is 26.3 Å². The van der Waals surface area contributed by atoms with E-state index < -0.39 is 43.0 Å². The largest absolute Gasteiger partial charge is 0.478 e. The van der Waals surface area contributed by atoms with Gasteiger partial charge in [0.1, 0.15) is 0 Å². The molecule has 0 saturated carbocycles. The van der Waals surface area contributed by atoms with Crippen LogP contribution < -0.4 is 4.90 Å². The topological polar surface area (TPSA) is 190 Å². The highest BCUT2D eigenvalue weighted by molar-refractivity contribution is 7.86. The summed E-state index contributed by atoms with van der Waals surface area (Å²) in [4.78, 5) is 24.5. The second-order valence-electron chi connectivity index (χ2n) is 14.0. The molecule has 4 aromatic rings. The van der Waals surface area contributed by atoms with Crippen LogP contribution in [0, 0.1) is 0 Å². The number of benzene rings is 4. The highest BCUT2D eigenvalue weighted by Crippen LogP contribution is 2.49. The summed E-state index contributed by atoms with van der Waals surface area (Å²) in [5, 5.41) is 18.8. The summed E-state index contributed by atoms with van der Waals surface area (Å²) in [7, 11) is -9.00. The number of hydrogen-bond donors (Lipinski definition) is 4. The second-order valence-corrected chi connectivity index (χ2v) is 16.9. The van der Waals surface area contributed by atoms with Crippen molar-refractivity contribution in [3.8, 4) is 0 Å². The van der Waals surface area contributed by atoms with Gasteiger partial charge in [-0.1, -0.05) is 44.2 Å². The molecule has 0 saturated heterocycles. The maximum absolute atomic E-state index is 12.1. The third-order valence-electron chi connectivity index (χ3n) is 9.91. The second kappa shape index (κ2) is 13.2. The van der Waals surface area contributed by atoms with Gasteiger partial charge in [0.15, 0.2) is 12.3 Å². The molecule has 6 rings (SSSR count). The molecule has 0 atom stereocenters. The normalized spacial score (nSPS) is 17.0. The molecule has 0 aromatic heterocycles. The third kappa shape index (κ3) is 7.05. The molecule has 12 nitrogen and oxygen atoms in total. The van der Waals surface area contributed by atoms with E-state index in [2.05, 4.69) is 0 Å². The standard InChI is InChI=1S/C39H36N2O10S2/c1-38(2)30-20-28(52(46,47)48)16-18-32(30)40(22-24-8-12-26(13-9-24)36(42)43)34(38)6-5-7-35-39(3,4)31-21-29(53(49,50)51)17-19-33(31)41(35)23-25-10-14-27(15-11-25)37(44)45/h5-21H,22-23H2,1-4H3,(H3-,42,43,44,45,46,47,48,49,50,51)/p+1. The lowest BCUT2D eigenvalue weighted by molar-refractivity contribution is -0.455. The fourth-order valence-corrected chi connectivity index (χ4v) is 8.09. The molecular formula is C39H37N2O10S2+. The number of allylic oxidation sites excluding steroid dienone is 4. The predicted octanol–water partition coefficient (Wildman–Crippen LogP) is 6.59. The lowest BCUT2D eigenvalue weighted by atomic mass is 9.81. The summed E-state index contributed by atoms with van der Waals surface area (Å²) in [5.41, 5.74) is 4.59. The molecule has 53 heavy (non-hydrogen) atoms. The van der Waals surface area contributed by atoms with Crippen molar-refractivity contribution in [3.63, 3.8) is 0 Å². The van der Waals surface area contributed by atoms with E-state index in [-0.39, 0.29) is 20.9 Å². The molecule has 0 fully saturated rings. The van der Waals surface area contributed by atoms with Gasteiger partial charge < -0.3 is 15.1 Å². The van der Waals surface area contributed by atoms with Crippen LogP contribution in [-0.2, 0) is 44.2 Å². The van der Waals surface area contributed by atoms with Gasteiger partial charge in [-0.05, 0) is 85.6 Å². The van der Waals surface area contributed by atoms with Crippen LogP contribution in [0.5, 0.6) is 0 Å². The number of carboxylic acid groups (broad SMARTS) is 2. The van der Waals surface area contributed by atoms with E-state index in [1.807, 2.05) is 55.4 Å². The summed E-state index contributed by atoms with van der Waals surface area (Å²) in [5.74, 6) is -2.11. The van der Waals surface area contributed by atoms with Crippen LogP contribution in [0.3, 0.4) is 0 Å². The average Bonchev–Trinajstić information content (AvgIpc) is 3.42. The van der Waals surface area contributed by atoms with Gasteiger partial charge in [0.25, 0.3) is 20.2 Å². The van der Waals surface area contributed by atoms with E-state index in [4.69, 9.17) is 0 Å². The number of aromatic carboxylic acids is 2.